The number of carbonyl (C=O) groups excluding carboxylic acids is 2. The Kier molecular flexibility index (Phi) is 4.91. The van der Waals surface area contributed by atoms with E-state index in [1.54, 1.807) is 6.33 Å². The lowest BCUT2D eigenvalue weighted by Crippen LogP contribution is -2.40. The van der Waals surface area contributed by atoms with Gasteiger partial charge in [-0.05, 0) is 37.5 Å². The zero-order valence-corrected chi connectivity index (χ0v) is 15.1. The molecule has 0 radical (unpaired) electrons. The predicted molar refractivity (Wildman–Crippen MR) is 99.8 cm³/mol. The van der Waals surface area contributed by atoms with Gasteiger partial charge in [0.25, 0.3) is 5.91 Å². The first-order valence-electron chi connectivity index (χ1n) is 9.73. The van der Waals surface area contributed by atoms with Gasteiger partial charge in [0.2, 0.25) is 5.91 Å². The molecule has 1 aromatic heterocycles. The third kappa shape index (κ3) is 3.45. The zero-order valence-electron chi connectivity index (χ0n) is 15.1. The van der Waals surface area contributed by atoms with E-state index in [0.717, 1.165) is 36.8 Å². The molecular weight excluding hydrogens is 328 g/mol. The maximum Gasteiger partial charge on any atom is 0.253 e. The number of fused-ring (bicyclic) bond motifs is 1. The van der Waals surface area contributed by atoms with Crippen LogP contribution < -0.4 is 0 Å². The summed E-state index contributed by atoms with van der Waals surface area (Å²) in [6.07, 6.45) is 8.14. The van der Waals surface area contributed by atoms with Crippen LogP contribution >= 0.6 is 0 Å². The molecule has 2 heterocycles. The summed E-state index contributed by atoms with van der Waals surface area (Å²) < 4.78 is 0. The van der Waals surface area contributed by atoms with Crippen molar-refractivity contribution in [2.45, 2.75) is 38.5 Å². The molecule has 1 aromatic carbocycles. The molecule has 0 unspecified atom stereocenters. The average Bonchev–Trinajstić information content (AvgIpc) is 3.02. The second-order valence-electron chi connectivity index (χ2n) is 7.44. The number of nitrogens with zero attached hydrogens (tertiary/aromatic N) is 3. The first-order valence-corrected chi connectivity index (χ1v) is 9.73. The fraction of sp³-hybridized carbons (Fsp3) is 0.550. The summed E-state index contributed by atoms with van der Waals surface area (Å²) in [4.78, 5) is 36.8. The molecule has 2 fully saturated rings. The highest BCUT2D eigenvalue weighted by atomic mass is 16.2. The lowest BCUT2D eigenvalue weighted by molar-refractivity contribution is -0.136. The van der Waals surface area contributed by atoms with Crippen LogP contribution in [0.5, 0.6) is 0 Å². The second-order valence-corrected chi connectivity index (χ2v) is 7.44. The molecule has 1 saturated carbocycles. The summed E-state index contributed by atoms with van der Waals surface area (Å²) in [5, 5.41) is 0. The summed E-state index contributed by atoms with van der Waals surface area (Å²) in [6, 6.07) is 5.57. The van der Waals surface area contributed by atoms with Gasteiger partial charge in [0.15, 0.2) is 0 Å². The van der Waals surface area contributed by atoms with Crippen LogP contribution in [-0.2, 0) is 4.79 Å². The normalized spacial score (nSPS) is 19.5. The monoisotopic (exact) mass is 354 g/mol. The number of hydrogen-bond acceptors (Lipinski definition) is 3. The number of aromatic amines is 1. The van der Waals surface area contributed by atoms with Crippen molar-refractivity contribution in [2.24, 2.45) is 5.92 Å². The standard InChI is InChI=1S/C20H26N4O2/c25-19(15-5-2-1-3-6-15)23-9-4-10-24(12-11-23)20(26)16-7-8-17-18(13-16)22-14-21-17/h7-8,13-15H,1-6,9-12H2,(H,21,22). The fourth-order valence-corrected chi connectivity index (χ4v) is 4.20. The van der Waals surface area contributed by atoms with Gasteiger partial charge in [-0.3, -0.25) is 9.59 Å². The smallest absolute Gasteiger partial charge is 0.253 e. The van der Waals surface area contributed by atoms with E-state index in [1.165, 1.54) is 19.3 Å². The van der Waals surface area contributed by atoms with Gasteiger partial charge in [0.1, 0.15) is 0 Å². The number of benzene rings is 1. The van der Waals surface area contributed by atoms with E-state index in [0.29, 0.717) is 31.1 Å². The van der Waals surface area contributed by atoms with Crippen LogP contribution in [0.2, 0.25) is 0 Å². The Hall–Kier alpha value is -2.37. The molecule has 2 amide bonds. The third-order valence-corrected chi connectivity index (χ3v) is 5.72. The number of aromatic nitrogens is 2. The first kappa shape index (κ1) is 17.1. The van der Waals surface area contributed by atoms with Crippen LogP contribution in [0.1, 0.15) is 48.9 Å². The van der Waals surface area contributed by atoms with Crippen molar-refractivity contribution < 1.29 is 9.59 Å². The SMILES string of the molecule is O=C(c1ccc2nc[nH]c2c1)N1CCCN(C(=O)C2CCCCC2)CC1. The van der Waals surface area contributed by atoms with E-state index in [1.807, 2.05) is 28.0 Å². The largest absolute Gasteiger partial charge is 0.345 e. The number of H-pyrrole nitrogens is 1. The maximum atomic E-state index is 12.9. The van der Waals surface area contributed by atoms with Gasteiger partial charge in [0, 0.05) is 37.7 Å². The number of hydrogen-bond donors (Lipinski definition) is 1. The van der Waals surface area contributed by atoms with Gasteiger partial charge in [-0.2, -0.15) is 0 Å². The summed E-state index contributed by atoms with van der Waals surface area (Å²) in [6.45, 7) is 2.72. The van der Waals surface area contributed by atoms with Gasteiger partial charge in [-0.25, -0.2) is 4.98 Å². The number of amides is 2. The van der Waals surface area contributed by atoms with Gasteiger partial charge in [0.05, 0.1) is 17.4 Å². The van der Waals surface area contributed by atoms with Crippen molar-refractivity contribution in [3.63, 3.8) is 0 Å². The highest BCUT2D eigenvalue weighted by Gasteiger charge is 2.28. The number of nitrogens with one attached hydrogen (secondary N) is 1. The molecule has 1 aliphatic carbocycles. The van der Waals surface area contributed by atoms with Crippen LogP contribution in [-0.4, -0.2) is 57.8 Å². The quantitative estimate of drug-likeness (QED) is 0.902. The van der Waals surface area contributed by atoms with E-state index in [9.17, 15) is 9.59 Å². The van der Waals surface area contributed by atoms with Crippen molar-refractivity contribution in [1.82, 2.24) is 19.8 Å². The lowest BCUT2D eigenvalue weighted by Gasteiger charge is -2.28. The Bertz CT molecular complexity index is 794. The Labute approximate surface area is 153 Å². The van der Waals surface area contributed by atoms with Gasteiger partial charge in [-0.1, -0.05) is 19.3 Å². The van der Waals surface area contributed by atoms with E-state index < -0.39 is 0 Å². The molecule has 4 rings (SSSR count). The Morgan fingerprint density at radius 3 is 2.58 bits per heavy atom. The molecule has 26 heavy (non-hydrogen) atoms. The van der Waals surface area contributed by atoms with E-state index >= 15 is 0 Å². The molecule has 2 aromatic rings. The molecule has 0 bridgehead atoms. The minimum Gasteiger partial charge on any atom is -0.345 e. The highest BCUT2D eigenvalue weighted by molar-refractivity contribution is 5.97. The van der Waals surface area contributed by atoms with E-state index in [-0.39, 0.29) is 11.8 Å². The predicted octanol–water partition coefficient (Wildman–Crippen LogP) is 2.82. The van der Waals surface area contributed by atoms with Crippen molar-refractivity contribution in [3.05, 3.63) is 30.1 Å². The Morgan fingerprint density at radius 2 is 1.73 bits per heavy atom. The summed E-state index contributed by atoms with van der Waals surface area (Å²) >= 11 is 0. The molecule has 1 N–H and O–H groups in total. The Balaban J connectivity index is 1.41. The van der Waals surface area contributed by atoms with Gasteiger partial charge >= 0.3 is 0 Å². The molecule has 0 atom stereocenters. The van der Waals surface area contributed by atoms with Crippen LogP contribution in [0.25, 0.3) is 11.0 Å². The first-order chi connectivity index (χ1) is 12.7. The van der Waals surface area contributed by atoms with Crippen molar-refractivity contribution in [1.29, 1.82) is 0 Å². The molecular formula is C20H26N4O2. The second kappa shape index (κ2) is 7.48. The maximum absolute atomic E-state index is 12.9. The molecule has 1 saturated heterocycles. The third-order valence-electron chi connectivity index (χ3n) is 5.72. The number of rotatable bonds is 2. The van der Waals surface area contributed by atoms with E-state index in [4.69, 9.17) is 0 Å². The van der Waals surface area contributed by atoms with Gasteiger partial charge in [-0.15, -0.1) is 0 Å². The zero-order chi connectivity index (χ0) is 17.9. The average molecular weight is 354 g/mol. The molecule has 0 spiro atoms. The summed E-state index contributed by atoms with van der Waals surface area (Å²) in [5.41, 5.74) is 2.41. The molecule has 138 valence electrons. The highest BCUT2D eigenvalue weighted by Crippen LogP contribution is 2.26. The fourth-order valence-electron chi connectivity index (χ4n) is 4.20. The van der Waals surface area contributed by atoms with Crippen LogP contribution in [0, 0.1) is 5.92 Å². The van der Waals surface area contributed by atoms with Crippen molar-refractivity contribution >= 4 is 22.8 Å². The van der Waals surface area contributed by atoms with Crippen LogP contribution in [0.4, 0.5) is 0 Å². The van der Waals surface area contributed by atoms with E-state index in [2.05, 4.69) is 9.97 Å². The minimum absolute atomic E-state index is 0.0356. The van der Waals surface area contributed by atoms with Crippen molar-refractivity contribution in [2.75, 3.05) is 26.2 Å². The molecule has 1 aliphatic heterocycles. The number of imidazole rings is 1. The minimum atomic E-state index is 0.0356. The van der Waals surface area contributed by atoms with Gasteiger partial charge < -0.3 is 14.8 Å². The molecule has 6 nitrogen and oxygen atoms in total. The lowest BCUT2D eigenvalue weighted by atomic mass is 9.88. The van der Waals surface area contributed by atoms with Crippen molar-refractivity contribution in [3.8, 4) is 0 Å². The topological polar surface area (TPSA) is 69.3 Å². The van der Waals surface area contributed by atoms with Crippen LogP contribution in [0.3, 0.4) is 0 Å². The number of carbonyl (C=O) groups is 2. The molecule has 2 aliphatic rings. The molecule has 6 heteroatoms. The summed E-state index contributed by atoms with van der Waals surface area (Å²) in [5.74, 6) is 0.542. The van der Waals surface area contributed by atoms with Crippen LogP contribution in [0.15, 0.2) is 24.5 Å². The Morgan fingerprint density at radius 1 is 0.962 bits per heavy atom. The summed E-state index contributed by atoms with van der Waals surface area (Å²) in [7, 11) is 0.